The zero-order valence-corrected chi connectivity index (χ0v) is 12.6. The first-order valence-corrected chi connectivity index (χ1v) is 7.91. The minimum absolute atomic E-state index is 0.0120. The van der Waals surface area contributed by atoms with Crippen LogP contribution in [0.15, 0.2) is 0 Å². The summed E-state index contributed by atoms with van der Waals surface area (Å²) in [5.41, 5.74) is 0. The van der Waals surface area contributed by atoms with Gasteiger partial charge in [0.2, 0.25) is 11.8 Å². The lowest BCUT2D eigenvalue weighted by molar-refractivity contribution is -0.147. The van der Waals surface area contributed by atoms with E-state index in [1.165, 1.54) is 0 Å². The summed E-state index contributed by atoms with van der Waals surface area (Å²) in [5.74, 6) is 0.410. The Morgan fingerprint density at radius 1 is 0.952 bits per heavy atom. The van der Waals surface area contributed by atoms with E-state index >= 15 is 0 Å². The van der Waals surface area contributed by atoms with Crippen molar-refractivity contribution in [3.63, 3.8) is 0 Å². The van der Waals surface area contributed by atoms with E-state index in [1.54, 1.807) is 0 Å². The summed E-state index contributed by atoms with van der Waals surface area (Å²) >= 11 is 0. The van der Waals surface area contributed by atoms with E-state index in [0.717, 1.165) is 12.8 Å². The van der Waals surface area contributed by atoms with Gasteiger partial charge < -0.3 is 19.3 Å². The Kier molecular flexibility index (Phi) is 4.45. The molecule has 0 aromatic carbocycles. The van der Waals surface area contributed by atoms with Crippen LogP contribution in [0.25, 0.3) is 0 Å². The molecule has 0 bridgehead atoms. The molecule has 0 aromatic heterocycles. The van der Waals surface area contributed by atoms with Gasteiger partial charge in [-0.25, -0.2) is 0 Å². The third-order valence-corrected chi connectivity index (χ3v) is 4.78. The Morgan fingerprint density at radius 3 is 2.10 bits per heavy atom. The van der Waals surface area contributed by atoms with Gasteiger partial charge in [0.1, 0.15) is 0 Å². The normalized spacial score (nSPS) is 33.5. The average Bonchev–Trinajstić information content (AvgIpc) is 3.18. The van der Waals surface area contributed by atoms with Gasteiger partial charge in [-0.15, -0.1) is 0 Å². The molecule has 0 radical (unpaired) electrons. The molecule has 0 spiro atoms. The molecule has 3 heterocycles. The summed E-state index contributed by atoms with van der Waals surface area (Å²) in [5, 5.41) is 0. The molecule has 0 aliphatic carbocycles. The molecular weight excluding hydrogens is 272 g/mol. The van der Waals surface area contributed by atoms with E-state index < -0.39 is 0 Å². The predicted molar refractivity (Wildman–Crippen MR) is 75.6 cm³/mol. The third-order valence-electron chi connectivity index (χ3n) is 4.78. The molecule has 0 aromatic rings. The molecule has 3 atom stereocenters. The highest BCUT2D eigenvalue weighted by Crippen LogP contribution is 2.22. The van der Waals surface area contributed by atoms with Crippen LogP contribution in [-0.2, 0) is 19.1 Å². The van der Waals surface area contributed by atoms with Crippen molar-refractivity contribution in [2.45, 2.75) is 25.8 Å². The average molecular weight is 296 g/mol. The quantitative estimate of drug-likeness (QED) is 0.726. The monoisotopic (exact) mass is 296 g/mol. The Labute approximate surface area is 125 Å². The van der Waals surface area contributed by atoms with Crippen molar-refractivity contribution >= 4 is 11.8 Å². The zero-order valence-electron chi connectivity index (χ0n) is 12.6. The second-order valence-corrected chi connectivity index (χ2v) is 6.29. The van der Waals surface area contributed by atoms with Crippen LogP contribution < -0.4 is 0 Å². The van der Waals surface area contributed by atoms with Crippen LogP contribution in [-0.4, -0.2) is 73.7 Å². The fraction of sp³-hybridized carbons (Fsp3) is 0.867. The summed E-state index contributed by atoms with van der Waals surface area (Å²) in [6.45, 7) is 6.40. The number of hydrogen-bond donors (Lipinski definition) is 0. The third kappa shape index (κ3) is 3.06. The number of hydrogen-bond acceptors (Lipinski definition) is 4. The van der Waals surface area contributed by atoms with Gasteiger partial charge >= 0.3 is 0 Å². The van der Waals surface area contributed by atoms with E-state index in [2.05, 4.69) is 0 Å². The van der Waals surface area contributed by atoms with Gasteiger partial charge in [-0.2, -0.15) is 0 Å². The number of nitrogens with zero attached hydrogens (tertiary/aromatic N) is 2. The van der Waals surface area contributed by atoms with Gasteiger partial charge in [0, 0.05) is 38.9 Å². The minimum atomic E-state index is 0.0120. The summed E-state index contributed by atoms with van der Waals surface area (Å²) in [4.78, 5) is 28.7. The molecule has 3 rings (SSSR count). The smallest absolute Gasteiger partial charge is 0.228 e. The molecule has 3 fully saturated rings. The van der Waals surface area contributed by atoms with Gasteiger partial charge in [-0.1, -0.05) is 0 Å². The van der Waals surface area contributed by atoms with Crippen LogP contribution in [0.1, 0.15) is 19.8 Å². The molecule has 3 aliphatic rings. The largest absolute Gasteiger partial charge is 0.381 e. The standard InChI is InChI=1S/C15H24N2O4/c1-11-8-16(14(18)12-2-6-20-9-12)4-5-17(11)15(19)13-3-7-21-10-13/h11-13H,2-10H2,1H3/t11-,12?,13?/m0/s1. The molecule has 118 valence electrons. The molecule has 6 heteroatoms. The number of piperazine rings is 1. The maximum atomic E-state index is 12.5. The van der Waals surface area contributed by atoms with E-state index in [1.807, 2.05) is 16.7 Å². The molecular formula is C15H24N2O4. The first-order valence-electron chi connectivity index (χ1n) is 7.91. The summed E-state index contributed by atoms with van der Waals surface area (Å²) < 4.78 is 10.6. The molecule has 2 amide bonds. The summed E-state index contributed by atoms with van der Waals surface area (Å²) in [6, 6.07) is 0.0816. The molecule has 3 aliphatic heterocycles. The van der Waals surface area contributed by atoms with Crippen LogP contribution in [0.4, 0.5) is 0 Å². The number of ether oxygens (including phenoxy) is 2. The highest BCUT2D eigenvalue weighted by Gasteiger charge is 2.36. The fourth-order valence-corrected chi connectivity index (χ4v) is 3.44. The molecule has 2 unspecified atom stereocenters. The second kappa shape index (κ2) is 6.32. The first-order chi connectivity index (χ1) is 10.2. The summed E-state index contributed by atoms with van der Waals surface area (Å²) in [6.07, 6.45) is 1.65. The van der Waals surface area contributed by atoms with Gasteiger partial charge in [0.05, 0.1) is 25.0 Å². The lowest BCUT2D eigenvalue weighted by atomic mass is 10.0. The second-order valence-electron chi connectivity index (χ2n) is 6.29. The maximum absolute atomic E-state index is 12.5. The minimum Gasteiger partial charge on any atom is -0.381 e. The van der Waals surface area contributed by atoms with Crippen LogP contribution >= 0.6 is 0 Å². The molecule has 21 heavy (non-hydrogen) atoms. The van der Waals surface area contributed by atoms with Crippen molar-refractivity contribution < 1.29 is 19.1 Å². The van der Waals surface area contributed by atoms with Gasteiger partial charge in [0.25, 0.3) is 0 Å². The van der Waals surface area contributed by atoms with E-state index in [4.69, 9.17) is 9.47 Å². The van der Waals surface area contributed by atoms with Crippen molar-refractivity contribution in [2.75, 3.05) is 46.1 Å². The number of carbonyl (C=O) groups excluding carboxylic acids is 2. The van der Waals surface area contributed by atoms with E-state index in [-0.39, 0.29) is 29.7 Å². The molecule has 6 nitrogen and oxygen atoms in total. The lowest BCUT2D eigenvalue weighted by Crippen LogP contribution is -2.57. The fourth-order valence-electron chi connectivity index (χ4n) is 3.44. The number of amides is 2. The van der Waals surface area contributed by atoms with Crippen LogP contribution in [0, 0.1) is 11.8 Å². The highest BCUT2D eigenvalue weighted by atomic mass is 16.5. The molecule has 0 N–H and O–H groups in total. The number of carbonyl (C=O) groups is 2. The van der Waals surface area contributed by atoms with Crippen molar-refractivity contribution in [2.24, 2.45) is 11.8 Å². The van der Waals surface area contributed by atoms with Crippen molar-refractivity contribution in [1.82, 2.24) is 9.80 Å². The Hall–Kier alpha value is -1.14. The van der Waals surface area contributed by atoms with Crippen LogP contribution in [0.2, 0.25) is 0 Å². The Morgan fingerprint density at radius 2 is 1.57 bits per heavy atom. The Bertz CT molecular complexity index is 402. The van der Waals surface area contributed by atoms with E-state index in [0.29, 0.717) is 46.1 Å². The predicted octanol–water partition coefficient (Wildman–Crippen LogP) is 0.119. The summed E-state index contributed by atoms with van der Waals surface area (Å²) in [7, 11) is 0. The van der Waals surface area contributed by atoms with Crippen LogP contribution in [0.5, 0.6) is 0 Å². The van der Waals surface area contributed by atoms with E-state index in [9.17, 15) is 9.59 Å². The zero-order chi connectivity index (χ0) is 14.8. The number of rotatable bonds is 2. The Balaban J connectivity index is 1.56. The molecule has 3 saturated heterocycles. The van der Waals surface area contributed by atoms with Crippen LogP contribution in [0.3, 0.4) is 0 Å². The topological polar surface area (TPSA) is 59.1 Å². The van der Waals surface area contributed by atoms with Gasteiger partial charge in [-0.3, -0.25) is 9.59 Å². The lowest BCUT2D eigenvalue weighted by Gasteiger charge is -2.41. The SMILES string of the molecule is C[C@H]1CN(C(=O)C2CCOC2)CCN1C(=O)C1CCOC1. The first kappa shape index (κ1) is 14.8. The maximum Gasteiger partial charge on any atom is 0.228 e. The molecule has 0 saturated carbocycles. The van der Waals surface area contributed by atoms with Crippen molar-refractivity contribution in [3.05, 3.63) is 0 Å². The highest BCUT2D eigenvalue weighted by molar-refractivity contribution is 5.81. The van der Waals surface area contributed by atoms with Crippen molar-refractivity contribution in [3.8, 4) is 0 Å². The van der Waals surface area contributed by atoms with Crippen molar-refractivity contribution in [1.29, 1.82) is 0 Å². The van der Waals surface area contributed by atoms with Gasteiger partial charge in [0.15, 0.2) is 0 Å². The van der Waals surface area contributed by atoms with Gasteiger partial charge in [-0.05, 0) is 19.8 Å².